The maximum absolute atomic E-state index is 13.8. The number of alkyl carbamates (subject to hydrolysis) is 1. The molecule has 3 atom stereocenters. The molecular weight excluding hydrogens is 458 g/mol. The van der Waals surface area contributed by atoms with Gasteiger partial charge in [-0.2, -0.15) is 5.26 Å². The molecule has 12 nitrogen and oxygen atoms in total. The molecule has 1 aliphatic rings. The van der Waals surface area contributed by atoms with Gasteiger partial charge in [0.2, 0.25) is 12.2 Å². The second-order valence-electron chi connectivity index (χ2n) is 7.44. The first kappa shape index (κ1) is 26.4. The van der Waals surface area contributed by atoms with Crippen molar-refractivity contribution in [3.05, 3.63) is 24.3 Å². The fraction of sp³-hybridized carbons (Fsp3) is 0.550. The van der Waals surface area contributed by atoms with Crippen molar-refractivity contribution in [1.29, 1.82) is 5.26 Å². The lowest BCUT2D eigenvalue weighted by Crippen LogP contribution is -2.51. The fourth-order valence-corrected chi connectivity index (χ4v) is 3.22. The number of hydrogen-bond donors (Lipinski definition) is 2. The number of nitrogens with zero attached hydrogens (tertiary/aromatic N) is 4. The standard InChI is InChI=1S/C20H24F2N6O6/c1-12(29)33-13(2)34-19(32)27-15(18(31)28-11-20(21,22)8-14(28)9-23)4-3-5-26-17(30)16-10-24-6-7-25-16/h6-7,10,13-15H,3-5,8,11H2,1-2H3,(H,26,30)(H,27,32)/t13?,14-,15-/m0/s1. The van der Waals surface area contributed by atoms with Crippen molar-refractivity contribution >= 4 is 23.9 Å². The molecule has 0 bridgehead atoms. The van der Waals surface area contributed by atoms with Crippen LogP contribution in [-0.4, -0.2) is 76.1 Å². The number of alkyl halides is 2. The minimum absolute atomic E-state index is 0.0671. The normalized spacial score (nSPS) is 18.2. The summed E-state index contributed by atoms with van der Waals surface area (Å²) in [6.07, 6.45) is 0.880. The van der Waals surface area contributed by atoms with Crippen LogP contribution in [0.1, 0.15) is 43.6 Å². The minimum Gasteiger partial charge on any atom is -0.426 e. The first-order valence-corrected chi connectivity index (χ1v) is 10.3. The molecular formula is C20H24F2N6O6. The van der Waals surface area contributed by atoms with E-state index in [9.17, 15) is 33.2 Å². The molecule has 14 heteroatoms. The molecule has 2 rings (SSSR count). The summed E-state index contributed by atoms with van der Waals surface area (Å²) in [5.41, 5.74) is 0.0763. The summed E-state index contributed by atoms with van der Waals surface area (Å²) < 4.78 is 37.1. The molecule has 0 spiro atoms. The number of carbonyl (C=O) groups is 4. The molecule has 0 radical (unpaired) electrons. The number of carbonyl (C=O) groups excluding carboxylic acids is 4. The third kappa shape index (κ3) is 7.91. The van der Waals surface area contributed by atoms with Gasteiger partial charge in [0.25, 0.3) is 11.8 Å². The molecule has 3 amide bonds. The Hall–Kier alpha value is -3.89. The largest absolute Gasteiger partial charge is 0.426 e. The Morgan fingerprint density at radius 2 is 2.06 bits per heavy atom. The summed E-state index contributed by atoms with van der Waals surface area (Å²) in [5.74, 6) is -5.36. The van der Waals surface area contributed by atoms with Crippen LogP contribution in [0.2, 0.25) is 0 Å². The number of amides is 3. The topological polar surface area (TPSA) is 164 Å². The monoisotopic (exact) mass is 482 g/mol. The summed E-state index contributed by atoms with van der Waals surface area (Å²) in [7, 11) is 0. The quantitative estimate of drug-likeness (QED) is 0.294. The number of rotatable bonds is 9. The predicted octanol–water partition coefficient (Wildman–Crippen LogP) is 0.750. The van der Waals surface area contributed by atoms with Crippen LogP contribution in [0.4, 0.5) is 13.6 Å². The Morgan fingerprint density at radius 1 is 1.32 bits per heavy atom. The van der Waals surface area contributed by atoms with Gasteiger partial charge >= 0.3 is 12.1 Å². The summed E-state index contributed by atoms with van der Waals surface area (Å²) in [4.78, 5) is 56.4. The van der Waals surface area contributed by atoms with E-state index < -0.39 is 61.1 Å². The van der Waals surface area contributed by atoms with Gasteiger partial charge in [0.1, 0.15) is 17.8 Å². The highest BCUT2D eigenvalue weighted by molar-refractivity contribution is 5.91. The van der Waals surface area contributed by atoms with Crippen molar-refractivity contribution in [3.63, 3.8) is 0 Å². The first-order chi connectivity index (χ1) is 16.0. The molecule has 1 fully saturated rings. The highest BCUT2D eigenvalue weighted by Gasteiger charge is 2.48. The van der Waals surface area contributed by atoms with E-state index in [1.165, 1.54) is 25.5 Å². The molecule has 0 aromatic carbocycles. The van der Waals surface area contributed by atoms with Crippen LogP contribution in [0, 0.1) is 11.3 Å². The van der Waals surface area contributed by atoms with Gasteiger partial charge in [-0.25, -0.2) is 18.6 Å². The number of aromatic nitrogens is 2. The van der Waals surface area contributed by atoms with Gasteiger partial charge in [0, 0.05) is 39.2 Å². The average molecular weight is 482 g/mol. The lowest BCUT2D eigenvalue weighted by molar-refractivity contribution is -0.162. The van der Waals surface area contributed by atoms with Gasteiger partial charge in [-0.3, -0.25) is 19.4 Å². The van der Waals surface area contributed by atoms with Crippen LogP contribution in [0.3, 0.4) is 0 Å². The van der Waals surface area contributed by atoms with Crippen molar-refractivity contribution in [1.82, 2.24) is 25.5 Å². The van der Waals surface area contributed by atoms with Crippen LogP contribution in [-0.2, 0) is 19.1 Å². The SMILES string of the molecule is CC(=O)OC(C)OC(=O)N[C@@H](CCCNC(=O)c1cnccn1)C(=O)N1CC(F)(F)C[C@H]1C#N. The van der Waals surface area contributed by atoms with Gasteiger partial charge in [-0.15, -0.1) is 0 Å². The van der Waals surface area contributed by atoms with Crippen LogP contribution in [0.15, 0.2) is 18.6 Å². The number of esters is 1. The Bertz CT molecular complexity index is 941. The number of nitrogens with one attached hydrogen (secondary N) is 2. The number of nitriles is 1. The maximum atomic E-state index is 13.8. The number of likely N-dealkylation sites (tertiary alicyclic amines) is 1. The van der Waals surface area contributed by atoms with E-state index >= 15 is 0 Å². The van der Waals surface area contributed by atoms with Gasteiger partial charge in [0.15, 0.2) is 0 Å². The lowest BCUT2D eigenvalue weighted by Gasteiger charge is -2.26. The highest BCUT2D eigenvalue weighted by Crippen LogP contribution is 2.32. The van der Waals surface area contributed by atoms with E-state index in [2.05, 4.69) is 25.3 Å². The van der Waals surface area contributed by atoms with Crippen molar-refractivity contribution in [2.75, 3.05) is 13.1 Å². The third-order valence-electron chi connectivity index (χ3n) is 4.65. The van der Waals surface area contributed by atoms with E-state index in [4.69, 9.17) is 4.74 Å². The molecule has 1 unspecified atom stereocenters. The van der Waals surface area contributed by atoms with Gasteiger partial charge in [-0.1, -0.05) is 0 Å². The Balaban J connectivity index is 2.02. The van der Waals surface area contributed by atoms with Crippen LogP contribution >= 0.6 is 0 Å². The van der Waals surface area contributed by atoms with Crippen molar-refractivity contribution in [2.45, 2.75) is 57.4 Å². The maximum Gasteiger partial charge on any atom is 0.410 e. The van der Waals surface area contributed by atoms with Gasteiger partial charge in [-0.05, 0) is 12.8 Å². The molecule has 1 aromatic rings. The van der Waals surface area contributed by atoms with Crippen LogP contribution < -0.4 is 10.6 Å². The molecule has 2 heterocycles. The molecule has 1 saturated heterocycles. The molecule has 0 aliphatic carbocycles. The predicted molar refractivity (Wildman–Crippen MR) is 109 cm³/mol. The summed E-state index contributed by atoms with van der Waals surface area (Å²) in [6, 6.07) is -1.03. The minimum atomic E-state index is -3.24. The first-order valence-electron chi connectivity index (χ1n) is 10.3. The van der Waals surface area contributed by atoms with E-state index in [-0.39, 0.29) is 25.1 Å². The summed E-state index contributed by atoms with van der Waals surface area (Å²) >= 11 is 0. The molecule has 34 heavy (non-hydrogen) atoms. The zero-order chi connectivity index (χ0) is 25.3. The molecule has 184 valence electrons. The zero-order valence-electron chi connectivity index (χ0n) is 18.5. The fourth-order valence-electron chi connectivity index (χ4n) is 3.22. The van der Waals surface area contributed by atoms with Gasteiger partial charge in [0.05, 0.1) is 18.8 Å². The van der Waals surface area contributed by atoms with E-state index in [0.717, 1.165) is 6.92 Å². The second kappa shape index (κ2) is 11.8. The summed E-state index contributed by atoms with van der Waals surface area (Å²) in [5, 5.41) is 14.0. The number of halogens is 2. The highest BCUT2D eigenvalue weighted by atomic mass is 19.3. The zero-order valence-corrected chi connectivity index (χ0v) is 18.5. The molecule has 1 aromatic heterocycles. The van der Waals surface area contributed by atoms with E-state index in [1.54, 1.807) is 6.07 Å². The van der Waals surface area contributed by atoms with E-state index in [0.29, 0.717) is 4.90 Å². The van der Waals surface area contributed by atoms with Crippen molar-refractivity contribution < 1.29 is 37.4 Å². The number of hydrogen-bond acceptors (Lipinski definition) is 9. The van der Waals surface area contributed by atoms with E-state index in [1.807, 2.05) is 0 Å². The Labute approximate surface area is 193 Å². The summed E-state index contributed by atoms with van der Waals surface area (Å²) in [6.45, 7) is 1.48. The molecule has 2 N–H and O–H groups in total. The third-order valence-corrected chi connectivity index (χ3v) is 4.65. The smallest absolute Gasteiger partial charge is 0.410 e. The second-order valence-corrected chi connectivity index (χ2v) is 7.44. The number of ether oxygens (including phenoxy) is 2. The Morgan fingerprint density at radius 3 is 2.68 bits per heavy atom. The average Bonchev–Trinajstić information content (AvgIpc) is 3.09. The van der Waals surface area contributed by atoms with Gasteiger partial charge < -0.3 is 25.0 Å². The lowest BCUT2D eigenvalue weighted by atomic mass is 10.1. The van der Waals surface area contributed by atoms with Crippen molar-refractivity contribution in [3.8, 4) is 6.07 Å². The van der Waals surface area contributed by atoms with Crippen molar-refractivity contribution in [2.24, 2.45) is 0 Å². The van der Waals surface area contributed by atoms with Crippen LogP contribution in [0.25, 0.3) is 0 Å². The molecule has 0 saturated carbocycles. The van der Waals surface area contributed by atoms with Crippen LogP contribution in [0.5, 0.6) is 0 Å². The Kier molecular flexibility index (Phi) is 9.17. The molecule has 1 aliphatic heterocycles.